The zero-order valence-electron chi connectivity index (χ0n) is 18.4. The molecule has 0 aromatic heterocycles. The van der Waals surface area contributed by atoms with Gasteiger partial charge in [-0.3, -0.25) is 9.59 Å². The van der Waals surface area contributed by atoms with Crippen molar-refractivity contribution in [3.8, 4) is 0 Å². The highest BCUT2D eigenvalue weighted by molar-refractivity contribution is 5.93. The fourth-order valence-corrected chi connectivity index (χ4v) is 2.59. The van der Waals surface area contributed by atoms with Gasteiger partial charge in [0.05, 0.1) is 0 Å². The maximum absolute atomic E-state index is 12.9. The van der Waals surface area contributed by atoms with Crippen molar-refractivity contribution in [2.24, 2.45) is 0 Å². The number of nitrogens with one attached hydrogen (secondary N) is 3. The van der Waals surface area contributed by atoms with Gasteiger partial charge in [-0.15, -0.1) is 0 Å². The van der Waals surface area contributed by atoms with Crippen molar-refractivity contribution in [2.75, 3.05) is 11.9 Å². The molecule has 8 heteroatoms. The Morgan fingerprint density at radius 1 is 1.00 bits per heavy atom. The van der Waals surface area contributed by atoms with Gasteiger partial charge in [0.2, 0.25) is 11.8 Å². The van der Waals surface area contributed by atoms with Crippen LogP contribution in [0.5, 0.6) is 0 Å². The molecular weight excluding hydrogens is 413 g/mol. The zero-order valence-corrected chi connectivity index (χ0v) is 18.4. The molecular formula is C24H28FN3O4. The first-order valence-corrected chi connectivity index (χ1v) is 10.2. The van der Waals surface area contributed by atoms with Gasteiger partial charge in [-0.25, -0.2) is 9.18 Å². The molecule has 0 aliphatic carbocycles. The topological polar surface area (TPSA) is 96.5 Å². The lowest BCUT2D eigenvalue weighted by molar-refractivity contribution is -0.117. The largest absolute Gasteiger partial charge is 0.444 e. The summed E-state index contributed by atoms with van der Waals surface area (Å²) in [5.74, 6) is -0.945. The molecule has 0 spiro atoms. The highest BCUT2D eigenvalue weighted by atomic mass is 19.1. The normalized spacial score (nSPS) is 11.1. The number of benzene rings is 2. The second-order valence-electron chi connectivity index (χ2n) is 7.99. The predicted octanol–water partition coefficient (Wildman–Crippen LogP) is 4.01. The van der Waals surface area contributed by atoms with Crippen molar-refractivity contribution in [3.63, 3.8) is 0 Å². The number of hydrogen-bond donors (Lipinski definition) is 3. The molecule has 0 bridgehead atoms. The minimum atomic E-state index is -0.607. The Balaban J connectivity index is 1.82. The Bertz CT molecular complexity index is 966. The van der Waals surface area contributed by atoms with E-state index in [0.29, 0.717) is 11.3 Å². The molecule has 170 valence electrons. The molecule has 0 saturated carbocycles. The van der Waals surface area contributed by atoms with E-state index in [9.17, 15) is 18.8 Å². The lowest BCUT2D eigenvalue weighted by atomic mass is 10.1. The van der Waals surface area contributed by atoms with Gasteiger partial charge >= 0.3 is 6.09 Å². The molecule has 0 aliphatic rings. The number of para-hydroxylation sites is 1. The van der Waals surface area contributed by atoms with Crippen LogP contribution in [0.1, 0.15) is 38.3 Å². The van der Waals surface area contributed by atoms with Crippen molar-refractivity contribution in [1.29, 1.82) is 0 Å². The third kappa shape index (κ3) is 9.42. The third-order valence-electron chi connectivity index (χ3n) is 4.06. The van der Waals surface area contributed by atoms with Gasteiger partial charge in [-0.1, -0.05) is 30.3 Å². The summed E-state index contributed by atoms with van der Waals surface area (Å²) in [6, 6.07) is 12.9. The van der Waals surface area contributed by atoms with E-state index < -0.39 is 11.7 Å². The van der Waals surface area contributed by atoms with E-state index in [1.807, 2.05) is 0 Å². The van der Waals surface area contributed by atoms with Crippen molar-refractivity contribution in [1.82, 2.24) is 10.6 Å². The maximum Gasteiger partial charge on any atom is 0.407 e. The van der Waals surface area contributed by atoms with E-state index >= 15 is 0 Å². The number of rotatable bonds is 8. The smallest absolute Gasteiger partial charge is 0.407 e. The van der Waals surface area contributed by atoms with Crippen molar-refractivity contribution < 1.29 is 23.5 Å². The van der Waals surface area contributed by atoms with Crippen LogP contribution in [0.2, 0.25) is 0 Å². The van der Waals surface area contributed by atoms with Gasteiger partial charge in [-0.05, 0) is 56.2 Å². The summed E-state index contributed by atoms with van der Waals surface area (Å²) in [6.07, 6.45) is 2.43. The fraction of sp³-hybridized carbons (Fsp3) is 0.292. The van der Waals surface area contributed by atoms with Gasteiger partial charge in [0.1, 0.15) is 11.4 Å². The SMILES string of the molecule is CC(C)(C)OC(=O)NCCC(=O)Nc1ccccc1CNC(=O)/C=C/c1ccc(F)cc1. The monoisotopic (exact) mass is 441 g/mol. The van der Waals surface area contributed by atoms with Crippen LogP contribution in [0.15, 0.2) is 54.6 Å². The average molecular weight is 442 g/mol. The minimum absolute atomic E-state index is 0.0698. The second-order valence-corrected chi connectivity index (χ2v) is 7.99. The molecule has 0 aliphatic heterocycles. The molecule has 3 N–H and O–H groups in total. The minimum Gasteiger partial charge on any atom is -0.444 e. The number of carbonyl (C=O) groups is 3. The number of ether oxygens (including phenoxy) is 1. The Morgan fingerprint density at radius 2 is 1.69 bits per heavy atom. The summed E-state index contributed by atoms with van der Waals surface area (Å²) in [5, 5.41) is 8.07. The van der Waals surface area contributed by atoms with E-state index in [4.69, 9.17) is 4.74 Å². The highest BCUT2D eigenvalue weighted by Crippen LogP contribution is 2.15. The zero-order chi connectivity index (χ0) is 23.6. The van der Waals surface area contributed by atoms with Gasteiger partial charge in [0.15, 0.2) is 0 Å². The van der Waals surface area contributed by atoms with Gasteiger partial charge in [0.25, 0.3) is 0 Å². The summed E-state index contributed by atoms with van der Waals surface area (Å²) in [6.45, 7) is 5.61. The van der Waals surface area contributed by atoms with Crippen molar-refractivity contribution >= 4 is 29.7 Å². The number of alkyl carbamates (subject to hydrolysis) is 1. The van der Waals surface area contributed by atoms with E-state index in [-0.39, 0.29) is 37.1 Å². The Labute approximate surface area is 187 Å². The highest BCUT2D eigenvalue weighted by Gasteiger charge is 2.16. The molecule has 0 atom stereocenters. The number of anilines is 1. The quantitative estimate of drug-likeness (QED) is 0.540. The molecule has 0 heterocycles. The molecule has 0 unspecified atom stereocenters. The standard InChI is InChI=1S/C24H28FN3O4/c1-24(2,3)32-23(31)26-15-14-22(30)28-20-7-5-4-6-18(20)16-27-21(29)13-10-17-8-11-19(25)12-9-17/h4-13H,14-16H2,1-3H3,(H,26,31)(H,27,29)(H,28,30)/b13-10+. The van der Waals surface area contributed by atoms with Gasteiger partial charge < -0.3 is 20.7 Å². The van der Waals surface area contributed by atoms with Crippen LogP contribution in [-0.2, 0) is 20.9 Å². The molecule has 3 amide bonds. The van der Waals surface area contributed by atoms with Crippen LogP contribution in [0, 0.1) is 5.82 Å². The second kappa shape index (κ2) is 11.6. The summed E-state index contributed by atoms with van der Waals surface area (Å²) >= 11 is 0. The van der Waals surface area contributed by atoms with Gasteiger partial charge in [0, 0.05) is 31.3 Å². The Hall–Kier alpha value is -3.68. The summed E-state index contributed by atoms with van der Waals surface area (Å²) in [5.41, 5.74) is 1.39. The predicted molar refractivity (Wildman–Crippen MR) is 121 cm³/mol. The van der Waals surface area contributed by atoms with Gasteiger partial charge in [-0.2, -0.15) is 0 Å². The van der Waals surface area contributed by atoms with Crippen molar-refractivity contribution in [2.45, 2.75) is 39.3 Å². The lowest BCUT2D eigenvalue weighted by Gasteiger charge is -2.19. The number of halogens is 1. The molecule has 2 aromatic carbocycles. The van der Waals surface area contributed by atoms with Crippen molar-refractivity contribution in [3.05, 3.63) is 71.6 Å². The summed E-state index contributed by atoms with van der Waals surface area (Å²) in [4.78, 5) is 35.9. The molecule has 0 saturated heterocycles. The third-order valence-corrected chi connectivity index (χ3v) is 4.06. The fourth-order valence-electron chi connectivity index (χ4n) is 2.59. The number of amides is 3. The summed E-state index contributed by atoms with van der Waals surface area (Å²) in [7, 11) is 0. The Morgan fingerprint density at radius 3 is 2.38 bits per heavy atom. The van der Waals surface area contributed by atoms with Crippen LogP contribution < -0.4 is 16.0 Å². The molecule has 7 nitrogen and oxygen atoms in total. The molecule has 2 aromatic rings. The van der Waals surface area contributed by atoms with E-state index in [1.165, 1.54) is 18.2 Å². The Kier molecular flexibility index (Phi) is 8.95. The van der Waals surface area contributed by atoms with E-state index in [2.05, 4.69) is 16.0 Å². The molecule has 0 fully saturated rings. The van der Waals surface area contributed by atoms with E-state index in [0.717, 1.165) is 5.56 Å². The molecule has 2 rings (SSSR count). The first-order chi connectivity index (χ1) is 15.1. The van der Waals surface area contributed by atoms with Crippen LogP contribution >= 0.6 is 0 Å². The van der Waals surface area contributed by atoms with Crippen LogP contribution in [0.25, 0.3) is 6.08 Å². The number of hydrogen-bond acceptors (Lipinski definition) is 4. The lowest BCUT2D eigenvalue weighted by Crippen LogP contribution is -2.34. The average Bonchev–Trinajstić information content (AvgIpc) is 2.71. The first-order valence-electron chi connectivity index (χ1n) is 10.2. The first kappa shape index (κ1) is 24.6. The molecule has 32 heavy (non-hydrogen) atoms. The van der Waals surface area contributed by atoms with Crippen LogP contribution in [0.4, 0.5) is 14.9 Å². The molecule has 0 radical (unpaired) electrons. The van der Waals surface area contributed by atoms with Crippen LogP contribution in [0.3, 0.4) is 0 Å². The van der Waals surface area contributed by atoms with Crippen LogP contribution in [-0.4, -0.2) is 30.1 Å². The summed E-state index contributed by atoms with van der Waals surface area (Å²) < 4.78 is 18.0. The number of carbonyl (C=O) groups excluding carboxylic acids is 3. The van der Waals surface area contributed by atoms with E-state index in [1.54, 1.807) is 63.2 Å². The maximum atomic E-state index is 12.9.